The molecule has 4 rings (SSSR count). The van der Waals surface area contributed by atoms with Crippen molar-refractivity contribution in [3.63, 3.8) is 0 Å². The average Bonchev–Trinajstić information content (AvgIpc) is 3.22. The number of carbonyl (C=O) groups excluding carboxylic acids is 3. The van der Waals surface area contributed by atoms with Crippen molar-refractivity contribution in [2.45, 2.75) is 44.4 Å². The van der Waals surface area contributed by atoms with Gasteiger partial charge in [-0.15, -0.1) is 0 Å². The highest BCUT2D eigenvalue weighted by molar-refractivity contribution is 5.97. The zero-order chi connectivity index (χ0) is 24.2. The van der Waals surface area contributed by atoms with Crippen LogP contribution in [0.4, 0.5) is 4.79 Å². The van der Waals surface area contributed by atoms with Crippen LogP contribution in [0, 0.1) is 5.92 Å². The fourth-order valence-electron chi connectivity index (χ4n) is 4.71. The normalized spacial score (nSPS) is 23.2. The van der Waals surface area contributed by atoms with Gasteiger partial charge in [0, 0.05) is 0 Å². The summed E-state index contributed by atoms with van der Waals surface area (Å²) in [6, 6.07) is 16.9. The van der Waals surface area contributed by atoms with Gasteiger partial charge in [-0.1, -0.05) is 86.7 Å². The molecule has 7 nitrogen and oxygen atoms in total. The van der Waals surface area contributed by atoms with E-state index < -0.39 is 30.2 Å². The van der Waals surface area contributed by atoms with Crippen LogP contribution in [0.2, 0.25) is 0 Å². The summed E-state index contributed by atoms with van der Waals surface area (Å²) in [7, 11) is 1.33. The van der Waals surface area contributed by atoms with Crippen molar-refractivity contribution in [2.75, 3.05) is 13.7 Å². The van der Waals surface area contributed by atoms with Crippen molar-refractivity contribution < 1.29 is 23.9 Å². The number of ether oxygens (including phenoxy) is 2. The maximum absolute atomic E-state index is 13.6. The third-order valence-electron chi connectivity index (χ3n) is 6.34. The molecule has 2 amide bonds. The Morgan fingerprint density at radius 1 is 1.09 bits per heavy atom. The molecular weight excluding hydrogens is 432 g/mol. The molecule has 178 valence electrons. The van der Waals surface area contributed by atoms with E-state index in [4.69, 9.17) is 9.47 Å². The molecule has 0 saturated carbocycles. The molecular formula is C27H30N2O5. The zero-order valence-electron chi connectivity index (χ0n) is 19.7. The monoisotopic (exact) mass is 462 g/mol. The number of carbonyl (C=O) groups is 3. The largest absolute Gasteiger partial charge is 0.467 e. The third-order valence-corrected chi connectivity index (χ3v) is 6.34. The van der Waals surface area contributed by atoms with Gasteiger partial charge < -0.3 is 14.4 Å². The Hall–Kier alpha value is -3.61. The van der Waals surface area contributed by atoms with Gasteiger partial charge in [0.15, 0.2) is 0 Å². The fraction of sp³-hybridized carbons (Fsp3) is 0.370. The van der Waals surface area contributed by atoms with Crippen LogP contribution in [0.1, 0.15) is 37.4 Å². The molecule has 0 aliphatic carbocycles. The summed E-state index contributed by atoms with van der Waals surface area (Å²) in [6.07, 6.45) is 3.75. The lowest BCUT2D eigenvalue weighted by Crippen LogP contribution is -2.73. The van der Waals surface area contributed by atoms with Crippen molar-refractivity contribution in [1.29, 1.82) is 0 Å². The molecule has 4 atom stereocenters. The van der Waals surface area contributed by atoms with Gasteiger partial charge in [-0.05, 0) is 23.5 Å². The Kier molecular flexibility index (Phi) is 7.01. The first-order valence-electron chi connectivity index (χ1n) is 11.6. The summed E-state index contributed by atoms with van der Waals surface area (Å²) in [5.41, 5.74) is 1.86. The molecule has 2 fully saturated rings. The van der Waals surface area contributed by atoms with Gasteiger partial charge in [0.05, 0.1) is 19.2 Å². The number of benzene rings is 2. The summed E-state index contributed by atoms with van der Waals surface area (Å²) in [5.74, 6) is -0.565. The van der Waals surface area contributed by atoms with E-state index in [1.54, 1.807) is 4.90 Å². The second kappa shape index (κ2) is 10.1. The van der Waals surface area contributed by atoms with Gasteiger partial charge in [0.1, 0.15) is 18.7 Å². The van der Waals surface area contributed by atoms with Crippen molar-refractivity contribution in [3.05, 3.63) is 77.9 Å². The molecule has 2 heterocycles. The third kappa shape index (κ3) is 4.55. The average molecular weight is 463 g/mol. The van der Waals surface area contributed by atoms with Crippen molar-refractivity contribution in [2.24, 2.45) is 5.92 Å². The molecule has 2 aromatic rings. The number of hydrogen-bond acceptors (Lipinski definition) is 5. The number of rotatable bonds is 8. The first kappa shape index (κ1) is 23.5. The van der Waals surface area contributed by atoms with Crippen LogP contribution in [0.15, 0.2) is 66.7 Å². The smallest absolute Gasteiger partial charge is 0.411 e. The molecule has 0 radical (unpaired) electrons. The van der Waals surface area contributed by atoms with Gasteiger partial charge in [0.2, 0.25) is 5.91 Å². The summed E-state index contributed by atoms with van der Waals surface area (Å²) in [5, 5.41) is 0. The van der Waals surface area contributed by atoms with Crippen LogP contribution >= 0.6 is 0 Å². The molecule has 2 aliphatic rings. The molecule has 2 aliphatic heterocycles. The molecule has 34 heavy (non-hydrogen) atoms. The van der Waals surface area contributed by atoms with Crippen LogP contribution in [0.3, 0.4) is 0 Å². The van der Waals surface area contributed by atoms with Crippen LogP contribution in [-0.2, 0) is 19.1 Å². The van der Waals surface area contributed by atoms with Crippen LogP contribution in [0.25, 0.3) is 6.08 Å². The number of nitrogens with zero attached hydrogens (tertiary/aromatic N) is 2. The lowest BCUT2D eigenvalue weighted by molar-refractivity contribution is -0.170. The molecule has 3 unspecified atom stereocenters. The van der Waals surface area contributed by atoms with Gasteiger partial charge in [-0.2, -0.15) is 0 Å². The predicted octanol–water partition coefficient (Wildman–Crippen LogP) is 4.06. The van der Waals surface area contributed by atoms with Crippen molar-refractivity contribution in [1.82, 2.24) is 9.80 Å². The van der Waals surface area contributed by atoms with E-state index >= 15 is 0 Å². The maximum atomic E-state index is 13.6. The molecule has 2 aromatic carbocycles. The molecule has 2 saturated heterocycles. The van der Waals surface area contributed by atoms with Gasteiger partial charge in [0.25, 0.3) is 0 Å². The topological polar surface area (TPSA) is 76.2 Å². The SMILES string of the molecule is COC(=O)C(CC(C)C)N1C(=O)C(N2C(=O)OC[C@@H]2c2ccccc2)C1C=Cc1ccccc1. The molecule has 7 heteroatoms. The predicted molar refractivity (Wildman–Crippen MR) is 128 cm³/mol. The number of hydrogen-bond donors (Lipinski definition) is 0. The van der Waals surface area contributed by atoms with E-state index in [9.17, 15) is 14.4 Å². The van der Waals surface area contributed by atoms with Gasteiger partial charge in [-0.25, -0.2) is 9.59 Å². The highest BCUT2D eigenvalue weighted by atomic mass is 16.6. The zero-order valence-corrected chi connectivity index (χ0v) is 19.7. The number of esters is 1. The minimum absolute atomic E-state index is 0.170. The molecule has 0 N–H and O–H groups in total. The van der Waals surface area contributed by atoms with E-state index in [-0.39, 0.29) is 24.5 Å². The lowest BCUT2D eigenvalue weighted by Gasteiger charge is -2.52. The number of amides is 2. The number of likely N-dealkylation sites (tertiary alicyclic amines) is 1. The van der Waals surface area contributed by atoms with E-state index in [0.29, 0.717) is 6.42 Å². The van der Waals surface area contributed by atoms with Gasteiger partial charge in [-0.3, -0.25) is 9.69 Å². The number of methoxy groups -OCH3 is 1. The van der Waals surface area contributed by atoms with Crippen LogP contribution < -0.4 is 0 Å². The molecule has 0 spiro atoms. The second-order valence-electron chi connectivity index (χ2n) is 9.03. The van der Waals surface area contributed by atoms with E-state index in [1.807, 2.05) is 86.7 Å². The lowest BCUT2D eigenvalue weighted by atomic mass is 9.86. The number of β-lactam (4-membered cyclic amide) rings is 1. The summed E-state index contributed by atoms with van der Waals surface area (Å²) >= 11 is 0. The molecule has 0 aromatic heterocycles. The number of cyclic esters (lactones) is 1. The first-order chi connectivity index (χ1) is 16.4. The highest BCUT2D eigenvalue weighted by Gasteiger charge is 2.58. The van der Waals surface area contributed by atoms with E-state index in [1.165, 1.54) is 12.0 Å². The summed E-state index contributed by atoms with van der Waals surface area (Å²) < 4.78 is 10.4. The highest BCUT2D eigenvalue weighted by Crippen LogP contribution is 2.39. The van der Waals surface area contributed by atoms with Gasteiger partial charge >= 0.3 is 12.1 Å². The Bertz CT molecular complexity index is 1050. The van der Waals surface area contributed by atoms with E-state index in [2.05, 4.69) is 0 Å². The van der Waals surface area contributed by atoms with Crippen molar-refractivity contribution >= 4 is 24.0 Å². The first-order valence-corrected chi connectivity index (χ1v) is 11.6. The summed E-state index contributed by atoms with van der Waals surface area (Å²) in [4.78, 5) is 42.2. The van der Waals surface area contributed by atoms with Crippen molar-refractivity contribution in [3.8, 4) is 0 Å². The second-order valence-corrected chi connectivity index (χ2v) is 9.03. The quantitative estimate of drug-likeness (QED) is 0.437. The standard InChI is InChI=1S/C27H30N2O5/c1-18(2)16-22(26(31)33-3)28-21(15-14-19-10-6-4-7-11-19)24(25(28)30)29-23(17-34-27(29)32)20-12-8-5-9-13-20/h4-15,18,21-24H,16-17H2,1-3H3/t21?,22?,23-,24?/m1/s1. The van der Waals surface area contributed by atoms with Crippen LogP contribution in [-0.4, -0.2) is 59.6 Å². The fourth-order valence-corrected chi connectivity index (χ4v) is 4.71. The Morgan fingerprint density at radius 2 is 1.74 bits per heavy atom. The minimum Gasteiger partial charge on any atom is -0.467 e. The Labute approximate surface area is 199 Å². The molecule has 0 bridgehead atoms. The van der Waals surface area contributed by atoms with E-state index in [0.717, 1.165) is 11.1 Å². The van der Waals surface area contributed by atoms with Crippen LogP contribution in [0.5, 0.6) is 0 Å². The minimum atomic E-state index is -0.764. The Balaban J connectivity index is 1.70. The Morgan fingerprint density at radius 3 is 2.35 bits per heavy atom. The summed E-state index contributed by atoms with van der Waals surface area (Å²) in [6.45, 7) is 4.17. The maximum Gasteiger partial charge on any atom is 0.411 e.